The Morgan fingerprint density at radius 1 is 1.07 bits per heavy atom. The maximum atomic E-state index is 12.1. The number of nitrogens with zero attached hydrogens (tertiary/aromatic N) is 3. The van der Waals surface area contributed by atoms with Gasteiger partial charge in [0, 0.05) is 30.9 Å². The first-order chi connectivity index (χ1) is 13.3. The van der Waals surface area contributed by atoms with Gasteiger partial charge >= 0.3 is 6.03 Å². The monoisotopic (exact) mass is 363 g/mol. The molecule has 1 aromatic carbocycles. The largest absolute Gasteiger partial charge is 0.337 e. The van der Waals surface area contributed by atoms with E-state index in [-0.39, 0.29) is 6.03 Å². The second-order valence-electron chi connectivity index (χ2n) is 7.03. The van der Waals surface area contributed by atoms with Crippen molar-refractivity contribution < 1.29 is 4.79 Å². The van der Waals surface area contributed by atoms with Crippen LogP contribution in [0.15, 0.2) is 48.7 Å². The molecule has 1 saturated carbocycles. The highest BCUT2D eigenvalue weighted by molar-refractivity contribution is 5.89. The zero-order valence-corrected chi connectivity index (χ0v) is 15.4. The fraction of sp³-hybridized carbons (Fsp3) is 0.381. The SMILES string of the molecule is O=C(NCCc1nc2cccnc2n1C1CCCCC1)Nc1ccccc1. The van der Waals surface area contributed by atoms with Gasteiger partial charge in [-0.1, -0.05) is 37.5 Å². The Balaban J connectivity index is 1.44. The number of pyridine rings is 1. The number of benzene rings is 1. The van der Waals surface area contributed by atoms with Gasteiger partial charge in [-0.05, 0) is 37.1 Å². The van der Waals surface area contributed by atoms with Crippen LogP contribution in [-0.4, -0.2) is 27.1 Å². The molecule has 2 N–H and O–H groups in total. The number of rotatable bonds is 5. The van der Waals surface area contributed by atoms with Crippen LogP contribution in [0.3, 0.4) is 0 Å². The van der Waals surface area contributed by atoms with Crippen molar-refractivity contribution in [2.75, 3.05) is 11.9 Å². The molecule has 0 radical (unpaired) electrons. The van der Waals surface area contributed by atoms with Crippen molar-refractivity contribution in [3.8, 4) is 0 Å². The van der Waals surface area contributed by atoms with Gasteiger partial charge in [0.05, 0.1) is 0 Å². The van der Waals surface area contributed by atoms with Gasteiger partial charge in [-0.3, -0.25) is 0 Å². The lowest BCUT2D eigenvalue weighted by molar-refractivity contribution is 0.252. The fourth-order valence-electron chi connectivity index (χ4n) is 3.86. The van der Waals surface area contributed by atoms with Gasteiger partial charge in [0.2, 0.25) is 0 Å². The summed E-state index contributed by atoms with van der Waals surface area (Å²) < 4.78 is 2.31. The normalized spacial score (nSPS) is 15.0. The molecule has 3 aromatic rings. The molecule has 2 heterocycles. The minimum atomic E-state index is -0.195. The van der Waals surface area contributed by atoms with Crippen molar-refractivity contribution >= 4 is 22.9 Å². The Labute approximate surface area is 159 Å². The second kappa shape index (κ2) is 8.20. The van der Waals surface area contributed by atoms with E-state index in [2.05, 4.69) is 20.2 Å². The smallest absolute Gasteiger partial charge is 0.319 e. The molecule has 0 aliphatic heterocycles. The Morgan fingerprint density at radius 3 is 2.70 bits per heavy atom. The molecule has 2 amide bonds. The Bertz CT molecular complexity index is 899. The van der Waals surface area contributed by atoms with E-state index in [0.29, 0.717) is 19.0 Å². The van der Waals surface area contributed by atoms with E-state index in [9.17, 15) is 4.79 Å². The van der Waals surface area contributed by atoms with Crippen LogP contribution < -0.4 is 10.6 Å². The Hall–Kier alpha value is -2.89. The molecular formula is C21H25N5O. The first-order valence-electron chi connectivity index (χ1n) is 9.73. The lowest BCUT2D eigenvalue weighted by atomic mass is 9.95. The summed E-state index contributed by atoms with van der Waals surface area (Å²) in [6.45, 7) is 0.536. The van der Waals surface area contributed by atoms with E-state index in [0.717, 1.165) is 22.7 Å². The van der Waals surface area contributed by atoms with E-state index in [1.54, 1.807) is 0 Å². The summed E-state index contributed by atoms with van der Waals surface area (Å²) in [6.07, 6.45) is 8.71. The number of carbonyl (C=O) groups excluding carboxylic acids is 1. The summed E-state index contributed by atoms with van der Waals surface area (Å²) in [5.41, 5.74) is 2.69. The highest BCUT2D eigenvalue weighted by Gasteiger charge is 2.21. The molecule has 0 atom stereocenters. The zero-order chi connectivity index (χ0) is 18.5. The topological polar surface area (TPSA) is 71.8 Å². The van der Waals surface area contributed by atoms with Crippen molar-refractivity contribution in [2.24, 2.45) is 0 Å². The van der Waals surface area contributed by atoms with Crippen LogP contribution in [0.4, 0.5) is 10.5 Å². The fourth-order valence-corrected chi connectivity index (χ4v) is 3.86. The quantitative estimate of drug-likeness (QED) is 0.710. The summed E-state index contributed by atoms with van der Waals surface area (Å²) in [5.74, 6) is 1.01. The van der Waals surface area contributed by atoms with E-state index >= 15 is 0 Å². The maximum absolute atomic E-state index is 12.1. The van der Waals surface area contributed by atoms with Crippen LogP contribution in [0.25, 0.3) is 11.2 Å². The zero-order valence-electron chi connectivity index (χ0n) is 15.4. The number of carbonyl (C=O) groups is 1. The number of imidazole rings is 1. The molecule has 6 nitrogen and oxygen atoms in total. The molecule has 1 aliphatic rings. The van der Waals surface area contributed by atoms with E-state index < -0.39 is 0 Å². The summed E-state index contributed by atoms with van der Waals surface area (Å²) in [4.78, 5) is 21.5. The third kappa shape index (κ3) is 4.10. The van der Waals surface area contributed by atoms with Gasteiger partial charge < -0.3 is 15.2 Å². The minimum Gasteiger partial charge on any atom is -0.337 e. The summed E-state index contributed by atoms with van der Waals surface area (Å²) in [5, 5.41) is 5.77. The third-order valence-electron chi connectivity index (χ3n) is 5.13. The number of para-hydroxylation sites is 1. The van der Waals surface area contributed by atoms with Crippen LogP contribution >= 0.6 is 0 Å². The number of urea groups is 1. The first kappa shape index (κ1) is 17.5. The van der Waals surface area contributed by atoms with Crippen LogP contribution in [0.1, 0.15) is 44.0 Å². The predicted molar refractivity (Wildman–Crippen MR) is 107 cm³/mol. The van der Waals surface area contributed by atoms with Crippen molar-refractivity contribution in [3.63, 3.8) is 0 Å². The van der Waals surface area contributed by atoms with E-state index in [4.69, 9.17) is 4.98 Å². The van der Waals surface area contributed by atoms with Crippen LogP contribution in [0, 0.1) is 0 Å². The second-order valence-corrected chi connectivity index (χ2v) is 7.03. The van der Waals surface area contributed by atoms with Gasteiger partial charge in [-0.2, -0.15) is 0 Å². The van der Waals surface area contributed by atoms with Gasteiger partial charge in [0.1, 0.15) is 11.3 Å². The molecule has 140 valence electrons. The number of fused-ring (bicyclic) bond motifs is 1. The maximum Gasteiger partial charge on any atom is 0.319 e. The highest BCUT2D eigenvalue weighted by Crippen LogP contribution is 2.31. The van der Waals surface area contributed by atoms with Gasteiger partial charge in [-0.25, -0.2) is 14.8 Å². The van der Waals surface area contributed by atoms with Crippen molar-refractivity contribution in [1.29, 1.82) is 0 Å². The molecule has 2 aromatic heterocycles. The molecule has 1 fully saturated rings. The van der Waals surface area contributed by atoms with Crippen LogP contribution in [0.2, 0.25) is 0 Å². The molecule has 0 spiro atoms. The van der Waals surface area contributed by atoms with Crippen LogP contribution in [0.5, 0.6) is 0 Å². The van der Waals surface area contributed by atoms with E-state index in [1.807, 2.05) is 48.7 Å². The van der Waals surface area contributed by atoms with Gasteiger partial charge in [0.15, 0.2) is 5.65 Å². The highest BCUT2D eigenvalue weighted by atomic mass is 16.2. The van der Waals surface area contributed by atoms with Crippen molar-refractivity contribution in [2.45, 2.75) is 44.6 Å². The van der Waals surface area contributed by atoms with Crippen LogP contribution in [-0.2, 0) is 6.42 Å². The number of nitrogens with one attached hydrogen (secondary N) is 2. The molecule has 4 rings (SSSR count). The molecule has 1 aliphatic carbocycles. The minimum absolute atomic E-state index is 0.195. The number of hydrogen-bond donors (Lipinski definition) is 2. The lowest BCUT2D eigenvalue weighted by Gasteiger charge is -2.25. The summed E-state index contributed by atoms with van der Waals surface area (Å²) in [7, 11) is 0. The molecular weight excluding hydrogens is 338 g/mol. The average Bonchev–Trinajstić information content (AvgIpc) is 3.07. The molecule has 0 saturated heterocycles. The Kier molecular flexibility index (Phi) is 5.32. The van der Waals surface area contributed by atoms with Gasteiger partial charge in [-0.15, -0.1) is 0 Å². The van der Waals surface area contributed by atoms with Crippen molar-refractivity contribution in [3.05, 3.63) is 54.5 Å². The predicted octanol–water partition coefficient (Wildman–Crippen LogP) is 4.30. The van der Waals surface area contributed by atoms with Gasteiger partial charge in [0.25, 0.3) is 0 Å². The molecule has 6 heteroatoms. The number of hydrogen-bond acceptors (Lipinski definition) is 3. The standard InChI is InChI=1S/C21H25N5O/c27-21(24-16-8-3-1-4-9-16)23-15-13-19-25-18-12-7-14-22-20(18)26(19)17-10-5-2-6-11-17/h1,3-4,7-9,12,14,17H,2,5-6,10-11,13,15H2,(H2,23,24,27). The molecule has 0 unspecified atom stereocenters. The number of anilines is 1. The summed E-state index contributed by atoms with van der Waals surface area (Å²) in [6, 6.07) is 13.7. The lowest BCUT2D eigenvalue weighted by Crippen LogP contribution is -2.31. The molecule has 27 heavy (non-hydrogen) atoms. The first-order valence-corrected chi connectivity index (χ1v) is 9.73. The number of aromatic nitrogens is 3. The average molecular weight is 363 g/mol. The molecule has 0 bridgehead atoms. The Morgan fingerprint density at radius 2 is 1.89 bits per heavy atom. The third-order valence-corrected chi connectivity index (χ3v) is 5.13. The summed E-state index contributed by atoms with van der Waals surface area (Å²) >= 11 is 0. The number of amides is 2. The van der Waals surface area contributed by atoms with E-state index in [1.165, 1.54) is 32.1 Å². The van der Waals surface area contributed by atoms with Crippen molar-refractivity contribution in [1.82, 2.24) is 19.9 Å².